The topological polar surface area (TPSA) is 66.3 Å². The van der Waals surface area contributed by atoms with E-state index in [0.717, 1.165) is 47.7 Å². The van der Waals surface area contributed by atoms with Gasteiger partial charge in [0.1, 0.15) is 11.5 Å². The number of nitrogens with one attached hydrogen (secondary N) is 1. The molecule has 28 heavy (non-hydrogen) atoms. The van der Waals surface area contributed by atoms with E-state index in [-0.39, 0.29) is 5.56 Å². The normalized spacial score (nSPS) is 14.3. The molecule has 1 N–H and O–H groups in total. The maximum absolute atomic E-state index is 12.7. The maximum Gasteiger partial charge on any atom is 0.255 e. The van der Waals surface area contributed by atoms with E-state index in [2.05, 4.69) is 19.3 Å². The summed E-state index contributed by atoms with van der Waals surface area (Å²) in [5, 5.41) is 0. The second-order valence-corrected chi connectivity index (χ2v) is 7.24. The summed E-state index contributed by atoms with van der Waals surface area (Å²) in [7, 11) is 0. The van der Waals surface area contributed by atoms with E-state index in [9.17, 15) is 4.79 Å². The quantitative estimate of drug-likeness (QED) is 0.601. The molecule has 0 bridgehead atoms. The number of imidazole rings is 1. The molecule has 0 unspecified atom stereocenters. The number of hydrogen-bond acceptors (Lipinski definition) is 4. The van der Waals surface area contributed by atoms with Crippen LogP contribution in [0.15, 0.2) is 59.5 Å². The van der Waals surface area contributed by atoms with Crippen molar-refractivity contribution < 1.29 is 0 Å². The Labute approximate surface area is 162 Å². The lowest BCUT2D eigenvalue weighted by Crippen LogP contribution is -2.35. The Morgan fingerprint density at radius 2 is 1.89 bits per heavy atom. The van der Waals surface area contributed by atoms with Crippen molar-refractivity contribution in [1.82, 2.24) is 24.3 Å². The zero-order valence-corrected chi connectivity index (χ0v) is 15.7. The number of aryl methyl sites for hydroxylation is 1. The van der Waals surface area contributed by atoms with Gasteiger partial charge in [-0.05, 0) is 19.1 Å². The minimum Gasteiger partial charge on any atom is -0.306 e. The predicted molar refractivity (Wildman–Crippen MR) is 108 cm³/mol. The van der Waals surface area contributed by atoms with Crippen LogP contribution in [-0.2, 0) is 19.5 Å². The smallest absolute Gasteiger partial charge is 0.255 e. The number of fused-ring (bicyclic) bond motifs is 2. The molecule has 0 atom stereocenters. The molecule has 1 aliphatic heterocycles. The molecule has 0 saturated carbocycles. The van der Waals surface area contributed by atoms with Crippen LogP contribution in [0.5, 0.6) is 0 Å². The number of benzene rings is 1. The van der Waals surface area contributed by atoms with Crippen molar-refractivity contribution >= 4 is 5.65 Å². The third-order valence-corrected chi connectivity index (χ3v) is 5.40. The van der Waals surface area contributed by atoms with Crippen LogP contribution < -0.4 is 5.56 Å². The third kappa shape index (κ3) is 2.92. The van der Waals surface area contributed by atoms with Gasteiger partial charge in [0.15, 0.2) is 0 Å². The minimum absolute atomic E-state index is 0.0385. The fourth-order valence-corrected chi connectivity index (χ4v) is 3.92. The van der Waals surface area contributed by atoms with E-state index in [1.54, 1.807) is 0 Å². The van der Waals surface area contributed by atoms with E-state index < -0.39 is 0 Å². The Hall–Kier alpha value is -3.25. The summed E-state index contributed by atoms with van der Waals surface area (Å²) in [4.78, 5) is 27.4. The highest BCUT2D eigenvalue weighted by Gasteiger charge is 2.23. The lowest BCUT2D eigenvalue weighted by Gasteiger charge is -2.27. The van der Waals surface area contributed by atoms with Crippen LogP contribution in [0.2, 0.25) is 0 Å². The first-order chi connectivity index (χ1) is 13.7. The van der Waals surface area contributed by atoms with Crippen molar-refractivity contribution in [1.29, 1.82) is 0 Å². The number of aromatic amines is 1. The largest absolute Gasteiger partial charge is 0.306 e. The zero-order chi connectivity index (χ0) is 19.1. The molecule has 0 fully saturated rings. The number of hydrogen-bond donors (Lipinski definition) is 1. The predicted octanol–water partition coefficient (Wildman–Crippen LogP) is 2.95. The van der Waals surface area contributed by atoms with Crippen molar-refractivity contribution in [2.45, 2.75) is 26.4 Å². The SMILES string of the molecule is Cc1nc2ccccn2c1CN1CCc2nc(-c3ccccc3)[nH]c(=O)c2C1. The maximum atomic E-state index is 12.7. The molecular formula is C22H21N5O. The van der Waals surface area contributed by atoms with Crippen LogP contribution in [0, 0.1) is 6.92 Å². The first kappa shape index (κ1) is 16.9. The Morgan fingerprint density at radius 3 is 2.75 bits per heavy atom. The average molecular weight is 371 g/mol. The molecule has 5 rings (SSSR count). The third-order valence-electron chi connectivity index (χ3n) is 5.40. The molecule has 4 aromatic rings. The molecule has 1 aromatic carbocycles. The fourth-order valence-electron chi connectivity index (χ4n) is 3.92. The lowest BCUT2D eigenvalue weighted by molar-refractivity contribution is 0.238. The second kappa shape index (κ2) is 6.73. The molecule has 4 heterocycles. The van der Waals surface area contributed by atoms with E-state index in [0.29, 0.717) is 12.4 Å². The van der Waals surface area contributed by atoms with Gasteiger partial charge in [-0.15, -0.1) is 0 Å². The highest BCUT2D eigenvalue weighted by atomic mass is 16.1. The van der Waals surface area contributed by atoms with Gasteiger partial charge in [-0.1, -0.05) is 36.4 Å². The van der Waals surface area contributed by atoms with Gasteiger partial charge in [0.2, 0.25) is 0 Å². The molecule has 140 valence electrons. The summed E-state index contributed by atoms with van der Waals surface area (Å²) in [6, 6.07) is 15.8. The van der Waals surface area contributed by atoms with Crippen molar-refractivity contribution in [3.05, 3.63) is 87.7 Å². The number of aromatic nitrogens is 4. The van der Waals surface area contributed by atoms with Gasteiger partial charge < -0.3 is 9.38 Å². The van der Waals surface area contributed by atoms with Crippen LogP contribution in [-0.4, -0.2) is 30.8 Å². The molecule has 6 heteroatoms. The van der Waals surface area contributed by atoms with Crippen LogP contribution in [0.4, 0.5) is 0 Å². The summed E-state index contributed by atoms with van der Waals surface area (Å²) in [6.07, 6.45) is 2.82. The van der Waals surface area contributed by atoms with E-state index >= 15 is 0 Å². The van der Waals surface area contributed by atoms with E-state index in [1.165, 1.54) is 5.69 Å². The standard InChI is InChI=1S/C22H21N5O/c1-15-19(27-11-6-5-9-20(27)23-15)14-26-12-10-18-17(13-26)22(28)25-21(24-18)16-7-3-2-4-8-16/h2-9,11H,10,12-14H2,1H3,(H,24,25,28). The molecule has 6 nitrogen and oxygen atoms in total. The summed E-state index contributed by atoms with van der Waals surface area (Å²) < 4.78 is 2.13. The Morgan fingerprint density at radius 1 is 1.07 bits per heavy atom. The average Bonchev–Trinajstić information content (AvgIpc) is 3.04. The zero-order valence-electron chi connectivity index (χ0n) is 15.7. The van der Waals surface area contributed by atoms with Crippen LogP contribution in [0.3, 0.4) is 0 Å². The van der Waals surface area contributed by atoms with Crippen molar-refractivity contribution in [3.63, 3.8) is 0 Å². The molecule has 0 saturated heterocycles. The van der Waals surface area contributed by atoms with Crippen molar-refractivity contribution in [2.75, 3.05) is 6.54 Å². The summed E-state index contributed by atoms with van der Waals surface area (Å²) >= 11 is 0. The molecule has 0 aliphatic carbocycles. The monoisotopic (exact) mass is 371 g/mol. The number of rotatable bonds is 3. The summed E-state index contributed by atoms with van der Waals surface area (Å²) in [6.45, 7) is 4.28. The molecule has 0 amide bonds. The van der Waals surface area contributed by atoms with Crippen LogP contribution >= 0.6 is 0 Å². The summed E-state index contributed by atoms with van der Waals surface area (Å²) in [5.74, 6) is 0.649. The van der Waals surface area contributed by atoms with Gasteiger partial charge in [-0.3, -0.25) is 9.69 Å². The summed E-state index contributed by atoms with van der Waals surface area (Å²) in [5.41, 5.74) is 5.74. The van der Waals surface area contributed by atoms with Gasteiger partial charge in [0, 0.05) is 37.8 Å². The molecule has 1 aliphatic rings. The molecular weight excluding hydrogens is 350 g/mol. The number of pyridine rings is 1. The van der Waals surface area contributed by atoms with Gasteiger partial charge in [0.05, 0.1) is 22.6 Å². The second-order valence-electron chi connectivity index (χ2n) is 7.24. The van der Waals surface area contributed by atoms with Crippen LogP contribution in [0.25, 0.3) is 17.0 Å². The molecule has 0 spiro atoms. The molecule has 0 radical (unpaired) electrons. The first-order valence-corrected chi connectivity index (χ1v) is 9.51. The fraction of sp³-hybridized carbons (Fsp3) is 0.227. The molecule has 3 aromatic heterocycles. The van der Waals surface area contributed by atoms with E-state index in [1.807, 2.05) is 61.7 Å². The van der Waals surface area contributed by atoms with Crippen LogP contribution in [0.1, 0.15) is 22.6 Å². The number of H-pyrrole nitrogens is 1. The lowest BCUT2D eigenvalue weighted by atomic mass is 10.1. The minimum atomic E-state index is -0.0385. The highest BCUT2D eigenvalue weighted by molar-refractivity contribution is 5.54. The van der Waals surface area contributed by atoms with Crippen molar-refractivity contribution in [2.24, 2.45) is 0 Å². The van der Waals surface area contributed by atoms with Gasteiger partial charge in [-0.25, -0.2) is 9.97 Å². The Bertz CT molecular complexity index is 1210. The Kier molecular flexibility index (Phi) is 4.06. The number of nitrogens with zero attached hydrogens (tertiary/aromatic N) is 4. The van der Waals surface area contributed by atoms with Gasteiger partial charge in [-0.2, -0.15) is 0 Å². The van der Waals surface area contributed by atoms with Gasteiger partial charge >= 0.3 is 0 Å². The van der Waals surface area contributed by atoms with Crippen molar-refractivity contribution in [3.8, 4) is 11.4 Å². The van der Waals surface area contributed by atoms with E-state index in [4.69, 9.17) is 4.98 Å². The Balaban J connectivity index is 1.44. The first-order valence-electron chi connectivity index (χ1n) is 9.51. The highest BCUT2D eigenvalue weighted by Crippen LogP contribution is 2.21. The van der Waals surface area contributed by atoms with Gasteiger partial charge in [0.25, 0.3) is 5.56 Å².